The second-order valence-corrected chi connectivity index (χ2v) is 6.92. The predicted octanol–water partition coefficient (Wildman–Crippen LogP) is 4.98. The van der Waals surface area contributed by atoms with Crippen molar-refractivity contribution in [3.8, 4) is 5.82 Å². The highest BCUT2D eigenvalue weighted by Gasteiger charge is 2.37. The number of pyridine rings is 1. The van der Waals surface area contributed by atoms with E-state index in [9.17, 15) is 35.5 Å². The van der Waals surface area contributed by atoms with E-state index in [2.05, 4.69) is 20.4 Å². The number of nitrogens with one attached hydrogen (secondary N) is 1. The van der Waals surface area contributed by atoms with Crippen molar-refractivity contribution in [1.82, 2.24) is 25.1 Å². The molecule has 0 saturated heterocycles. The Labute approximate surface area is 180 Å². The second-order valence-electron chi connectivity index (χ2n) is 6.48. The Morgan fingerprint density at radius 2 is 1.62 bits per heavy atom. The van der Waals surface area contributed by atoms with Crippen molar-refractivity contribution in [2.45, 2.75) is 25.3 Å². The van der Waals surface area contributed by atoms with Crippen LogP contribution in [0.2, 0.25) is 5.02 Å². The molecule has 0 saturated carbocycles. The van der Waals surface area contributed by atoms with Gasteiger partial charge in [0, 0.05) is 11.8 Å². The summed E-state index contributed by atoms with van der Waals surface area (Å²) in [6.45, 7) is 1.32. The van der Waals surface area contributed by atoms with Crippen LogP contribution in [0, 0.1) is 5.82 Å². The molecule has 0 bridgehead atoms. The molecule has 0 aliphatic rings. The van der Waals surface area contributed by atoms with Crippen LogP contribution in [0.3, 0.4) is 0 Å². The molecule has 0 fully saturated rings. The molecule has 32 heavy (non-hydrogen) atoms. The van der Waals surface area contributed by atoms with Gasteiger partial charge in [0.25, 0.3) is 5.91 Å². The molecule has 1 N–H and O–H groups in total. The molecule has 1 amide bonds. The minimum Gasteiger partial charge on any atom is -0.342 e. The van der Waals surface area contributed by atoms with Crippen molar-refractivity contribution in [1.29, 1.82) is 0 Å². The van der Waals surface area contributed by atoms with E-state index in [1.54, 1.807) is 0 Å². The van der Waals surface area contributed by atoms with E-state index < -0.39 is 46.8 Å². The fourth-order valence-electron chi connectivity index (χ4n) is 2.70. The van der Waals surface area contributed by atoms with Crippen LogP contribution in [0.5, 0.6) is 0 Å². The standard InChI is InChI=1S/C18H11ClF7N5O/c1-8(14-28-7-29-31(14)15-13(20)5-12(19)6-27-15)30-16(32)9-2-10(17(21,22)23)4-11(3-9)18(24,25)26/h2-8H,1H3,(H,30,32)/t8-/m0/s1. The van der Waals surface area contributed by atoms with Crippen LogP contribution in [0.15, 0.2) is 36.8 Å². The molecule has 0 aliphatic heterocycles. The Morgan fingerprint density at radius 1 is 1.03 bits per heavy atom. The molecule has 2 aromatic heterocycles. The number of hydrogen-bond donors (Lipinski definition) is 1. The Balaban J connectivity index is 1.93. The van der Waals surface area contributed by atoms with Gasteiger partial charge in [0.05, 0.1) is 22.2 Å². The molecule has 14 heteroatoms. The van der Waals surface area contributed by atoms with Gasteiger partial charge in [-0.25, -0.2) is 14.4 Å². The molecule has 1 atom stereocenters. The monoisotopic (exact) mass is 481 g/mol. The van der Waals surface area contributed by atoms with Crippen molar-refractivity contribution < 1.29 is 35.5 Å². The summed E-state index contributed by atoms with van der Waals surface area (Å²) in [5.74, 6) is -2.54. The first-order chi connectivity index (χ1) is 14.8. The summed E-state index contributed by atoms with van der Waals surface area (Å²) in [5, 5.41) is 6.01. The average molecular weight is 482 g/mol. The van der Waals surface area contributed by atoms with Crippen molar-refractivity contribution in [2.24, 2.45) is 0 Å². The van der Waals surface area contributed by atoms with Gasteiger partial charge in [-0.1, -0.05) is 11.6 Å². The van der Waals surface area contributed by atoms with Gasteiger partial charge in [-0.15, -0.1) is 0 Å². The predicted molar refractivity (Wildman–Crippen MR) is 96.4 cm³/mol. The zero-order valence-corrected chi connectivity index (χ0v) is 16.5. The normalized spacial score (nSPS) is 13.2. The highest BCUT2D eigenvalue weighted by molar-refractivity contribution is 6.30. The van der Waals surface area contributed by atoms with E-state index in [0.29, 0.717) is 12.1 Å². The van der Waals surface area contributed by atoms with Crippen molar-refractivity contribution in [2.75, 3.05) is 0 Å². The van der Waals surface area contributed by atoms with Crippen molar-refractivity contribution in [3.63, 3.8) is 0 Å². The molecule has 0 spiro atoms. The Kier molecular flexibility index (Phi) is 6.13. The number of rotatable bonds is 4. The van der Waals surface area contributed by atoms with E-state index in [4.69, 9.17) is 11.6 Å². The minimum absolute atomic E-state index is 0.000665. The number of carbonyl (C=O) groups is 1. The molecule has 2 heterocycles. The van der Waals surface area contributed by atoms with E-state index in [0.717, 1.165) is 23.3 Å². The van der Waals surface area contributed by atoms with Crippen LogP contribution in [0.1, 0.15) is 40.3 Å². The molecule has 3 aromatic rings. The van der Waals surface area contributed by atoms with E-state index >= 15 is 0 Å². The summed E-state index contributed by atoms with van der Waals surface area (Å²) in [7, 11) is 0. The summed E-state index contributed by atoms with van der Waals surface area (Å²) >= 11 is 5.64. The van der Waals surface area contributed by atoms with Crippen LogP contribution >= 0.6 is 11.6 Å². The fourth-order valence-corrected chi connectivity index (χ4v) is 2.85. The summed E-state index contributed by atoms with van der Waals surface area (Å²) in [6, 6.07) is 0.335. The molecule has 170 valence electrons. The highest BCUT2D eigenvalue weighted by Crippen LogP contribution is 2.36. The largest absolute Gasteiger partial charge is 0.416 e. The third-order valence-corrected chi connectivity index (χ3v) is 4.35. The van der Waals surface area contributed by atoms with Gasteiger partial charge < -0.3 is 5.32 Å². The zero-order chi connectivity index (χ0) is 23.8. The first kappa shape index (κ1) is 23.4. The summed E-state index contributed by atoms with van der Waals surface area (Å²) in [4.78, 5) is 20.1. The highest BCUT2D eigenvalue weighted by atomic mass is 35.5. The number of nitrogens with zero attached hydrogens (tertiary/aromatic N) is 4. The van der Waals surface area contributed by atoms with Gasteiger partial charge in [-0.2, -0.15) is 36.1 Å². The molecule has 6 nitrogen and oxygen atoms in total. The van der Waals surface area contributed by atoms with Gasteiger partial charge >= 0.3 is 12.4 Å². The van der Waals surface area contributed by atoms with Crippen molar-refractivity contribution in [3.05, 3.63) is 70.1 Å². The molecule has 3 rings (SSSR count). The summed E-state index contributed by atoms with van der Waals surface area (Å²) in [5.41, 5.74) is -4.15. The first-order valence-corrected chi connectivity index (χ1v) is 8.97. The Hall–Kier alpha value is -3.22. The molecule has 0 unspecified atom stereocenters. The molecule has 0 radical (unpaired) electrons. The molecule has 1 aromatic carbocycles. The Morgan fingerprint density at radius 3 is 2.16 bits per heavy atom. The Bertz CT molecular complexity index is 1130. The lowest BCUT2D eigenvalue weighted by atomic mass is 10.0. The summed E-state index contributed by atoms with van der Waals surface area (Å²) in [6.07, 6.45) is -8.10. The number of alkyl halides is 6. The number of amides is 1. The summed E-state index contributed by atoms with van der Waals surface area (Å²) < 4.78 is 93.2. The maximum absolute atomic E-state index is 14.2. The van der Waals surface area contributed by atoms with E-state index in [-0.39, 0.29) is 22.7 Å². The van der Waals surface area contributed by atoms with Gasteiger partial charge in [0.15, 0.2) is 17.5 Å². The molecular weight excluding hydrogens is 471 g/mol. The maximum atomic E-state index is 14.2. The minimum atomic E-state index is -5.11. The number of benzene rings is 1. The van der Waals surface area contributed by atoms with Crippen LogP contribution in [-0.2, 0) is 12.4 Å². The van der Waals surface area contributed by atoms with Crippen LogP contribution in [0.4, 0.5) is 30.7 Å². The second kappa shape index (κ2) is 8.37. The average Bonchev–Trinajstić information content (AvgIpc) is 3.16. The van der Waals surface area contributed by atoms with Gasteiger partial charge in [-0.05, 0) is 31.2 Å². The molecular formula is C18H11ClF7N5O. The smallest absolute Gasteiger partial charge is 0.342 e. The zero-order valence-electron chi connectivity index (χ0n) is 15.8. The third kappa shape index (κ3) is 4.98. The molecule has 0 aliphatic carbocycles. The SMILES string of the molecule is C[C@H](NC(=O)c1cc(C(F)(F)F)cc(C(F)(F)F)c1)c1ncnn1-c1ncc(Cl)cc1F. The number of aromatic nitrogens is 4. The number of halogens is 8. The first-order valence-electron chi connectivity index (χ1n) is 8.59. The lowest BCUT2D eigenvalue weighted by molar-refractivity contribution is -0.143. The quantitative estimate of drug-likeness (QED) is 0.533. The van der Waals surface area contributed by atoms with Crippen LogP contribution < -0.4 is 5.32 Å². The van der Waals surface area contributed by atoms with E-state index in [1.165, 1.54) is 6.92 Å². The van der Waals surface area contributed by atoms with E-state index in [1.807, 2.05) is 0 Å². The van der Waals surface area contributed by atoms with Crippen LogP contribution in [0.25, 0.3) is 5.82 Å². The maximum Gasteiger partial charge on any atom is 0.416 e. The lowest BCUT2D eigenvalue weighted by Crippen LogP contribution is -2.29. The fraction of sp³-hybridized carbons (Fsp3) is 0.222. The van der Waals surface area contributed by atoms with Crippen LogP contribution in [-0.4, -0.2) is 25.7 Å². The van der Waals surface area contributed by atoms with Gasteiger partial charge in [0.1, 0.15) is 6.33 Å². The topological polar surface area (TPSA) is 72.7 Å². The van der Waals surface area contributed by atoms with Gasteiger partial charge in [0.2, 0.25) is 0 Å². The third-order valence-electron chi connectivity index (χ3n) is 4.15. The lowest BCUT2D eigenvalue weighted by Gasteiger charge is -2.17. The van der Waals surface area contributed by atoms with Crippen molar-refractivity contribution >= 4 is 17.5 Å². The van der Waals surface area contributed by atoms with Gasteiger partial charge in [-0.3, -0.25) is 4.79 Å². The number of carbonyl (C=O) groups excluding carboxylic acids is 1. The number of hydrogen-bond acceptors (Lipinski definition) is 4.